The molecule has 1 aliphatic carbocycles. The van der Waals surface area contributed by atoms with Crippen LogP contribution in [0, 0.1) is 11.8 Å². The van der Waals surface area contributed by atoms with Gasteiger partial charge >= 0.3 is 0 Å². The van der Waals surface area contributed by atoms with Crippen LogP contribution in [0.15, 0.2) is 0 Å². The SMILES string of the molecule is CC(C)CCC(N)C1CCC1. The lowest BCUT2D eigenvalue weighted by Gasteiger charge is -2.31. The van der Waals surface area contributed by atoms with E-state index in [0.717, 1.165) is 11.8 Å². The summed E-state index contributed by atoms with van der Waals surface area (Å²) in [6.45, 7) is 4.54. The monoisotopic (exact) mass is 155 g/mol. The zero-order valence-electron chi connectivity index (χ0n) is 7.84. The highest BCUT2D eigenvalue weighted by atomic mass is 14.7. The van der Waals surface area contributed by atoms with Crippen LogP contribution in [0.4, 0.5) is 0 Å². The Hall–Kier alpha value is -0.0400. The predicted molar refractivity (Wildman–Crippen MR) is 49.4 cm³/mol. The van der Waals surface area contributed by atoms with Gasteiger partial charge in [-0.15, -0.1) is 0 Å². The van der Waals surface area contributed by atoms with Crippen LogP contribution < -0.4 is 5.73 Å². The van der Waals surface area contributed by atoms with Crippen LogP contribution in [0.2, 0.25) is 0 Å². The van der Waals surface area contributed by atoms with Gasteiger partial charge in [-0.1, -0.05) is 20.3 Å². The summed E-state index contributed by atoms with van der Waals surface area (Å²) in [5, 5.41) is 0. The highest BCUT2D eigenvalue weighted by Gasteiger charge is 2.23. The van der Waals surface area contributed by atoms with Gasteiger partial charge in [0.1, 0.15) is 0 Å². The van der Waals surface area contributed by atoms with E-state index in [9.17, 15) is 0 Å². The molecule has 0 aliphatic heterocycles. The Morgan fingerprint density at radius 1 is 1.27 bits per heavy atom. The van der Waals surface area contributed by atoms with Crippen molar-refractivity contribution in [2.45, 2.75) is 52.0 Å². The van der Waals surface area contributed by atoms with Gasteiger partial charge in [0, 0.05) is 6.04 Å². The maximum atomic E-state index is 6.03. The molecule has 11 heavy (non-hydrogen) atoms. The number of nitrogens with two attached hydrogens (primary N) is 1. The fourth-order valence-corrected chi connectivity index (χ4v) is 1.63. The Morgan fingerprint density at radius 3 is 2.27 bits per heavy atom. The van der Waals surface area contributed by atoms with Crippen molar-refractivity contribution in [2.75, 3.05) is 0 Å². The van der Waals surface area contributed by atoms with Gasteiger partial charge in [0.05, 0.1) is 0 Å². The van der Waals surface area contributed by atoms with Crippen LogP contribution in [0.1, 0.15) is 46.0 Å². The van der Waals surface area contributed by atoms with Crippen LogP contribution in [-0.2, 0) is 0 Å². The van der Waals surface area contributed by atoms with Gasteiger partial charge < -0.3 is 5.73 Å². The maximum Gasteiger partial charge on any atom is 0.00672 e. The van der Waals surface area contributed by atoms with Crippen LogP contribution >= 0.6 is 0 Å². The number of hydrogen-bond acceptors (Lipinski definition) is 1. The fraction of sp³-hybridized carbons (Fsp3) is 1.00. The van der Waals surface area contributed by atoms with Gasteiger partial charge in [-0.05, 0) is 37.5 Å². The highest BCUT2D eigenvalue weighted by Crippen LogP contribution is 2.30. The molecule has 2 N–H and O–H groups in total. The van der Waals surface area contributed by atoms with Gasteiger partial charge in [0.15, 0.2) is 0 Å². The first-order chi connectivity index (χ1) is 5.20. The van der Waals surface area contributed by atoms with E-state index in [-0.39, 0.29) is 0 Å². The van der Waals surface area contributed by atoms with Crippen molar-refractivity contribution >= 4 is 0 Å². The second-order valence-electron chi connectivity index (χ2n) is 4.33. The Morgan fingerprint density at radius 2 is 1.91 bits per heavy atom. The van der Waals surface area contributed by atoms with Crippen molar-refractivity contribution in [3.05, 3.63) is 0 Å². The van der Waals surface area contributed by atoms with Crippen molar-refractivity contribution in [3.8, 4) is 0 Å². The van der Waals surface area contributed by atoms with Gasteiger partial charge in [-0.3, -0.25) is 0 Å². The van der Waals surface area contributed by atoms with Crippen molar-refractivity contribution in [3.63, 3.8) is 0 Å². The minimum absolute atomic E-state index is 0.506. The molecule has 0 aromatic heterocycles. The molecular weight excluding hydrogens is 134 g/mol. The topological polar surface area (TPSA) is 26.0 Å². The molecule has 1 nitrogen and oxygen atoms in total. The maximum absolute atomic E-state index is 6.03. The molecule has 0 aromatic rings. The third-order valence-electron chi connectivity index (χ3n) is 2.83. The summed E-state index contributed by atoms with van der Waals surface area (Å²) in [6.07, 6.45) is 6.73. The number of hydrogen-bond donors (Lipinski definition) is 1. The average molecular weight is 155 g/mol. The summed E-state index contributed by atoms with van der Waals surface area (Å²) in [4.78, 5) is 0. The number of rotatable bonds is 4. The standard InChI is InChI=1S/C10H21N/c1-8(2)6-7-10(11)9-4-3-5-9/h8-10H,3-7,11H2,1-2H3. The molecule has 1 rings (SSSR count). The van der Waals surface area contributed by atoms with E-state index >= 15 is 0 Å². The molecular formula is C10H21N. The molecule has 66 valence electrons. The first-order valence-electron chi connectivity index (χ1n) is 4.95. The van der Waals surface area contributed by atoms with Crippen molar-refractivity contribution < 1.29 is 0 Å². The molecule has 1 saturated carbocycles. The van der Waals surface area contributed by atoms with E-state index in [1.165, 1.54) is 32.1 Å². The van der Waals surface area contributed by atoms with E-state index in [1.54, 1.807) is 0 Å². The summed E-state index contributed by atoms with van der Waals surface area (Å²) in [5.74, 6) is 1.69. The molecule has 1 unspecified atom stereocenters. The molecule has 1 atom stereocenters. The second kappa shape index (κ2) is 4.10. The van der Waals surface area contributed by atoms with Crippen LogP contribution in [0.5, 0.6) is 0 Å². The lowest BCUT2D eigenvalue weighted by Crippen LogP contribution is -2.34. The Bertz CT molecular complexity index is 105. The molecule has 0 aromatic carbocycles. The Labute approximate surface area is 70.4 Å². The van der Waals surface area contributed by atoms with E-state index in [1.807, 2.05) is 0 Å². The molecule has 0 amide bonds. The molecule has 1 aliphatic rings. The molecule has 0 saturated heterocycles. The third-order valence-corrected chi connectivity index (χ3v) is 2.83. The smallest absolute Gasteiger partial charge is 0.00672 e. The first-order valence-corrected chi connectivity index (χ1v) is 4.95. The van der Waals surface area contributed by atoms with Crippen LogP contribution in [0.25, 0.3) is 0 Å². The average Bonchev–Trinajstić information content (AvgIpc) is 1.79. The third kappa shape index (κ3) is 2.82. The molecule has 1 heteroatoms. The quantitative estimate of drug-likeness (QED) is 0.663. The van der Waals surface area contributed by atoms with Crippen molar-refractivity contribution in [1.29, 1.82) is 0 Å². The fourth-order valence-electron chi connectivity index (χ4n) is 1.63. The zero-order valence-corrected chi connectivity index (χ0v) is 7.84. The van der Waals surface area contributed by atoms with E-state index in [0.29, 0.717) is 6.04 Å². The molecule has 0 heterocycles. The van der Waals surface area contributed by atoms with Gasteiger partial charge in [-0.25, -0.2) is 0 Å². The summed E-state index contributed by atoms with van der Waals surface area (Å²) >= 11 is 0. The van der Waals surface area contributed by atoms with Crippen molar-refractivity contribution in [2.24, 2.45) is 17.6 Å². The molecule has 0 radical (unpaired) electrons. The first kappa shape index (κ1) is 9.05. The van der Waals surface area contributed by atoms with E-state index < -0.39 is 0 Å². The van der Waals surface area contributed by atoms with Crippen LogP contribution in [0.3, 0.4) is 0 Å². The lowest BCUT2D eigenvalue weighted by molar-refractivity contribution is 0.245. The summed E-state index contributed by atoms with van der Waals surface area (Å²) < 4.78 is 0. The highest BCUT2D eigenvalue weighted by molar-refractivity contribution is 4.79. The van der Waals surface area contributed by atoms with Gasteiger partial charge in [-0.2, -0.15) is 0 Å². The normalized spacial score (nSPS) is 21.8. The van der Waals surface area contributed by atoms with E-state index in [2.05, 4.69) is 13.8 Å². The lowest BCUT2D eigenvalue weighted by atomic mass is 9.78. The molecule has 0 bridgehead atoms. The molecule has 0 spiro atoms. The van der Waals surface area contributed by atoms with Crippen molar-refractivity contribution in [1.82, 2.24) is 0 Å². The summed E-state index contributed by atoms with van der Waals surface area (Å²) in [7, 11) is 0. The predicted octanol–water partition coefficient (Wildman–Crippen LogP) is 2.55. The van der Waals surface area contributed by atoms with Gasteiger partial charge in [0.25, 0.3) is 0 Å². The Balaban J connectivity index is 2.05. The zero-order chi connectivity index (χ0) is 8.27. The largest absolute Gasteiger partial charge is 0.327 e. The minimum atomic E-state index is 0.506. The Kier molecular flexibility index (Phi) is 3.38. The summed E-state index contributed by atoms with van der Waals surface area (Å²) in [6, 6.07) is 0.506. The summed E-state index contributed by atoms with van der Waals surface area (Å²) in [5.41, 5.74) is 6.03. The second-order valence-corrected chi connectivity index (χ2v) is 4.33. The molecule has 1 fully saturated rings. The van der Waals surface area contributed by atoms with Gasteiger partial charge in [0.2, 0.25) is 0 Å². The van der Waals surface area contributed by atoms with E-state index in [4.69, 9.17) is 5.73 Å². The van der Waals surface area contributed by atoms with Crippen LogP contribution in [-0.4, -0.2) is 6.04 Å². The minimum Gasteiger partial charge on any atom is -0.327 e.